The normalized spacial score (nSPS) is 24.1. The molecule has 4 rings (SSSR count). The van der Waals surface area contributed by atoms with Crippen molar-refractivity contribution in [2.45, 2.75) is 64.3 Å². The first-order valence-electron chi connectivity index (χ1n) is 12.1. The number of hydrogen-bond donors (Lipinski definition) is 2. The lowest BCUT2D eigenvalue weighted by atomic mass is 9.83. The van der Waals surface area contributed by atoms with Gasteiger partial charge in [-0.15, -0.1) is 5.10 Å². The quantitative estimate of drug-likeness (QED) is 0.665. The summed E-state index contributed by atoms with van der Waals surface area (Å²) in [5.74, 6) is -1.70. The van der Waals surface area contributed by atoms with E-state index in [4.69, 9.17) is 11.6 Å². The molecule has 188 valence electrons. The number of amides is 3. The smallest absolute Gasteiger partial charge is 0.292 e. The van der Waals surface area contributed by atoms with E-state index in [0.29, 0.717) is 25.8 Å². The molecule has 1 aliphatic carbocycles. The van der Waals surface area contributed by atoms with Gasteiger partial charge in [-0.2, -0.15) is 0 Å². The van der Waals surface area contributed by atoms with Crippen molar-refractivity contribution in [2.75, 3.05) is 6.54 Å². The highest BCUT2D eigenvalue weighted by atomic mass is 35.5. The predicted octanol–water partition coefficient (Wildman–Crippen LogP) is 3.42. The van der Waals surface area contributed by atoms with Crippen LogP contribution >= 0.6 is 11.6 Å². The zero-order valence-electron chi connectivity index (χ0n) is 19.7. The van der Waals surface area contributed by atoms with Gasteiger partial charge in [-0.1, -0.05) is 49.1 Å². The number of nitrogens with one attached hydrogen (secondary N) is 2. The van der Waals surface area contributed by atoms with Crippen LogP contribution in [0.3, 0.4) is 0 Å². The molecule has 2 aliphatic rings. The van der Waals surface area contributed by atoms with E-state index in [1.807, 2.05) is 6.92 Å². The highest BCUT2D eigenvalue weighted by Gasteiger charge is 2.36. The van der Waals surface area contributed by atoms with Crippen LogP contribution in [0, 0.1) is 17.7 Å². The highest BCUT2D eigenvalue weighted by Crippen LogP contribution is 2.29. The average molecular weight is 505 g/mol. The maximum absolute atomic E-state index is 14.4. The van der Waals surface area contributed by atoms with Gasteiger partial charge in [0.2, 0.25) is 11.8 Å². The molecule has 0 spiro atoms. The van der Waals surface area contributed by atoms with Crippen LogP contribution in [0.15, 0.2) is 24.4 Å². The molecule has 3 amide bonds. The van der Waals surface area contributed by atoms with Crippen LogP contribution in [0.4, 0.5) is 4.39 Å². The van der Waals surface area contributed by atoms with E-state index in [9.17, 15) is 18.8 Å². The zero-order chi connectivity index (χ0) is 24.9. The van der Waals surface area contributed by atoms with E-state index < -0.39 is 11.7 Å². The molecule has 1 saturated heterocycles. The van der Waals surface area contributed by atoms with Gasteiger partial charge in [0.05, 0.1) is 17.3 Å². The van der Waals surface area contributed by atoms with Crippen LogP contribution < -0.4 is 10.7 Å². The lowest BCUT2D eigenvalue weighted by Gasteiger charge is -2.41. The first-order chi connectivity index (χ1) is 16.8. The van der Waals surface area contributed by atoms with Crippen molar-refractivity contribution in [1.29, 1.82) is 0 Å². The Morgan fingerprint density at radius 2 is 1.94 bits per heavy atom. The summed E-state index contributed by atoms with van der Waals surface area (Å²) in [6.45, 7) is 2.31. The number of aromatic nitrogens is 3. The van der Waals surface area contributed by atoms with E-state index in [2.05, 4.69) is 21.1 Å². The van der Waals surface area contributed by atoms with Gasteiger partial charge in [0, 0.05) is 18.9 Å². The van der Waals surface area contributed by atoms with E-state index in [1.54, 1.807) is 6.07 Å². The van der Waals surface area contributed by atoms with E-state index in [-0.39, 0.29) is 46.1 Å². The molecule has 9 nitrogen and oxygen atoms in total. The topological polar surface area (TPSA) is 109 Å². The van der Waals surface area contributed by atoms with Gasteiger partial charge in [-0.05, 0) is 43.7 Å². The maximum Gasteiger partial charge on any atom is 0.292 e. The molecule has 35 heavy (non-hydrogen) atoms. The summed E-state index contributed by atoms with van der Waals surface area (Å²) in [6, 6.07) is 4.21. The summed E-state index contributed by atoms with van der Waals surface area (Å²) in [5, 5.41) is 12.1. The number of nitrogens with zero attached hydrogens (tertiary/aromatic N) is 4. The Labute approximate surface area is 208 Å². The third-order valence-electron chi connectivity index (χ3n) is 6.84. The van der Waals surface area contributed by atoms with Crippen molar-refractivity contribution >= 4 is 29.3 Å². The number of carbonyl (C=O) groups excluding carboxylic acids is 3. The van der Waals surface area contributed by atoms with Crippen LogP contribution in [0.2, 0.25) is 5.02 Å². The second kappa shape index (κ2) is 11.2. The number of benzene rings is 1. The molecule has 1 aromatic carbocycles. The minimum absolute atomic E-state index is 0.0225. The Kier molecular flexibility index (Phi) is 8.00. The van der Waals surface area contributed by atoms with Crippen LogP contribution in [0.1, 0.15) is 68.8 Å². The number of rotatable bonds is 3. The monoisotopic (exact) mass is 504 g/mol. The summed E-state index contributed by atoms with van der Waals surface area (Å²) in [4.78, 5) is 38.8. The Morgan fingerprint density at radius 3 is 2.77 bits per heavy atom. The molecular formula is C24H30ClFN6O3. The third kappa shape index (κ3) is 5.80. The van der Waals surface area contributed by atoms with Crippen molar-refractivity contribution in [3.63, 3.8) is 0 Å². The fourth-order valence-electron chi connectivity index (χ4n) is 4.82. The van der Waals surface area contributed by atoms with E-state index in [1.165, 1.54) is 23.3 Å². The van der Waals surface area contributed by atoms with Crippen LogP contribution in [-0.2, 0) is 9.59 Å². The number of halogens is 2. The van der Waals surface area contributed by atoms with Crippen molar-refractivity contribution in [3.05, 3.63) is 40.9 Å². The molecule has 1 aliphatic heterocycles. The number of hydrogen-bond acceptors (Lipinski definition) is 5. The molecule has 2 heterocycles. The zero-order valence-corrected chi connectivity index (χ0v) is 20.4. The van der Waals surface area contributed by atoms with E-state index in [0.717, 1.165) is 36.8 Å². The molecule has 2 N–H and O–H groups in total. The van der Waals surface area contributed by atoms with Crippen molar-refractivity contribution in [2.24, 2.45) is 11.8 Å². The van der Waals surface area contributed by atoms with Gasteiger partial charge in [-0.3, -0.25) is 24.8 Å². The first kappa shape index (κ1) is 25.1. The molecule has 3 atom stereocenters. The Hall–Kier alpha value is -3.01. The highest BCUT2D eigenvalue weighted by molar-refractivity contribution is 6.30. The summed E-state index contributed by atoms with van der Waals surface area (Å²) >= 11 is 5.85. The van der Waals surface area contributed by atoms with Crippen molar-refractivity contribution < 1.29 is 18.8 Å². The molecule has 0 radical (unpaired) electrons. The molecule has 1 aromatic heterocycles. The van der Waals surface area contributed by atoms with Gasteiger partial charge in [-0.25, -0.2) is 9.07 Å². The van der Waals surface area contributed by atoms with Crippen molar-refractivity contribution in [3.8, 4) is 5.69 Å². The minimum Gasteiger partial charge on any atom is -0.356 e. The van der Waals surface area contributed by atoms with Gasteiger partial charge >= 0.3 is 0 Å². The minimum atomic E-state index is -0.676. The number of hydrazine groups is 1. The fourth-order valence-corrected chi connectivity index (χ4v) is 4.99. The number of carbonyl (C=O) groups is 3. The van der Waals surface area contributed by atoms with Gasteiger partial charge in [0.1, 0.15) is 5.69 Å². The van der Waals surface area contributed by atoms with Crippen LogP contribution in [0.25, 0.3) is 5.69 Å². The summed E-state index contributed by atoms with van der Waals surface area (Å²) in [7, 11) is 0. The standard InChI is InChI=1S/C24H30ClFN6O3/c1-15-7-2-5-12-21(33)27-13-16-8-3-4-10-19(16)32(24(15)35)29-23(34)18-14-31(30-28-18)20-11-6-9-17(25)22(20)26/h6,9,11,14-16,19H,2-5,7-8,10,12-13H2,1H3,(H,27,33)(H,29,34)/t15-,16?,19?/m1/s1. The van der Waals surface area contributed by atoms with Crippen LogP contribution in [0.5, 0.6) is 0 Å². The Bertz CT molecular complexity index is 1090. The lowest BCUT2D eigenvalue weighted by Crippen LogP contribution is -2.58. The van der Waals surface area contributed by atoms with Gasteiger partial charge < -0.3 is 5.32 Å². The van der Waals surface area contributed by atoms with Gasteiger partial charge in [0.15, 0.2) is 11.5 Å². The second-order valence-electron chi connectivity index (χ2n) is 9.33. The average Bonchev–Trinajstić information content (AvgIpc) is 3.35. The molecular weight excluding hydrogens is 475 g/mol. The molecule has 2 aromatic rings. The number of fused-ring (bicyclic) bond motifs is 1. The molecule has 11 heteroatoms. The first-order valence-corrected chi connectivity index (χ1v) is 12.5. The largest absolute Gasteiger partial charge is 0.356 e. The van der Waals surface area contributed by atoms with Crippen LogP contribution in [-0.4, -0.2) is 50.3 Å². The van der Waals surface area contributed by atoms with Gasteiger partial charge in [0.25, 0.3) is 5.91 Å². The Morgan fingerprint density at radius 1 is 1.17 bits per heavy atom. The summed E-state index contributed by atoms with van der Waals surface area (Å²) in [5.41, 5.74) is 2.76. The van der Waals surface area contributed by atoms with Crippen molar-refractivity contribution in [1.82, 2.24) is 30.7 Å². The maximum atomic E-state index is 14.4. The predicted molar refractivity (Wildman–Crippen MR) is 127 cm³/mol. The molecule has 2 fully saturated rings. The summed E-state index contributed by atoms with van der Waals surface area (Å²) in [6.07, 6.45) is 7.34. The molecule has 0 bridgehead atoms. The molecule has 1 saturated carbocycles. The second-order valence-corrected chi connectivity index (χ2v) is 9.74. The SMILES string of the molecule is C[C@@H]1CCCCC(=O)NCC2CCCCC2N(NC(=O)c2cn(-c3cccc(Cl)c3F)nn2)C1=O. The fraction of sp³-hybridized carbons (Fsp3) is 0.542. The molecule has 2 unspecified atom stereocenters. The third-order valence-corrected chi connectivity index (χ3v) is 7.13. The van der Waals surface area contributed by atoms with E-state index >= 15 is 0 Å². The lowest BCUT2D eigenvalue weighted by molar-refractivity contribution is -0.143. The summed E-state index contributed by atoms with van der Waals surface area (Å²) < 4.78 is 15.5. The Balaban J connectivity index is 1.58.